The molecule has 42 valence electrons. The van der Waals surface area contributed by atoms with Gasteiger partial charge in [-0.05, 0) is 6.92 Å². The summed E-state index contributed by atoms with van der Waals surface area (Å²) in [7, 11) is 0.778. The van der Waals surface area contributed by atoms with E-state index in [1.165, 1.54) is 0 Å². The van der Waals surface area contributed by atoms with Crippen LogP contribution in [0.5, 0.6) is 0 Å². The van der Waals surface area contributed by atoms with Crippen molar-refractivity contribution in [1.82, 2.24) is 0 Å². The first kappa shape index (κ1) is 16.1. The summed E-state index contributed by atoms with van der Waals surface area (Å²) in [6, 6.07) is 0. The number of hydrogen-bond donors (Lipinski definition) is 1. The van der Waals surface area contributed by atoms with Crippen molar-refractivity contribution < 1.29 is 9.81 Å². The van der Waals surface area contributed by atoms with Crippen molar-refractivity contribution in [3.8, 4) is 0 Å². The lowest BCUT2D eigenvalue weighted by Crippen LogP contribution is -1.57. The van der Waals surface area contributed by atoms with Gasteiger partial charge >= 0.3 is 0 Å². The number of rotatable bonds is 0. The molecule has 0 aliphatic heterocycles. The molecule has 0 aliphatic carbocycles. The van der Waals surface area contributed by atoms with Crippen LogP contribution in [-0.2, 0) is 0 Å². The highest BCUT2D eigenvalue weighted by atomic mass is 35.6. The van der Waals surface area contributed by atoms with Gasteiger partial charge < -0.3 is 5.11 Å². The molecule has 1 nitrogen and oxygen atoms in total. The first-order valence-corrected chi connectivity index (χ1v) is 4.43. The van der Waals surface area contributed by atoms with E-state index in [9.17, 15) is 0 Å². The molecule has 0 radical (unpaired) electrons. The third-order valence-corrected chi connectivity index (χ3v) is 0. The molecule has 0 atom stereocenters. The predicted molar refractivity (Wildman–Crippen MR) is 31.1 cm³/mol. The van der Waals surface area contributed by atoms with E-state index in [0.717, 1.165) is 9.55 Å². The standard InChI is InChI=1S/C2H6O.ClH3Si.FH/c1-2-3;1-2;/h3H,2H2,1H3;2H3;1H. The van der Waals surface area contributed by atoms with Crippen LogP contribution < -0.4 is 0 Å². The van der Waals surface area contributed by atoms with Crippen LogP contribution in [-0.4, -0.2) is 21.3 Å². The molecule has 0 aliphatic rings. The van der Waals surface area contributed by atoms with Crippen molar-refractivity contribution >= 4 is 20.6 Å². The minimum Gasteiger partial charge on any atom is -0.397 e. The highest BCUT2D eigenvalue weighted by Gasteiger charge is 1.34. The zero-order valence-electron chi connectivity index (χ0n) is 3.94. The fourth-order valence-corrected chi connectivity index (χ4v) is 0. The van der Waals surface area contributed by atoms with Gasteiger partial charge in [-0.1, -0.05) is 0 Å². The quantitative estimate of drug-likeness (QED) is 0.353. The Morgan fingerprint density at radius 1 is 1.67 bits per heavy atom. The zero-order chi connectivity index (χ0) is 4.71. The molecular formula is C2H10ClFOSi. The monoisotopic (exact) mass is 132 g/mol. The molecule has 0 unspecified atom stereocenters. The van der Waals surface area contributed by atoms with E-state index in [4.69, 9.17) is 16.2 Å². The average molecular weight is 133 g/mol. The molecule has 0 aromatic carbocycles. The summed E-state index contributed by atoms with van der Waals surface area (Å²) in [6.07, 6.45) is 0. The van der Waals surface area contributed by atoms with Gasteiger partial charge in [-0.2, -0.15) is 11.1 Å². The topological polar surface area (TPSA) is 20.2 Å². The van der Waals surface area contributed by atoms with Gasteiger partial charge in [0, 0.05) is 6.61 Å². The van der Waals surface area contributed by atoms with Gasteiger partial charge in [0.2, 0.25) is 0 Å². The fraction of sp³-hybridized carbons (Fsp3) is 1.00. The third kappa shape index (κ3) is 322. The Kier molecular flexibility index (Phi) is 144. The van der Waals surface area contributed by atoms with E-state index in [0.29, 0.717) is 0 Å². The van der Waals surface area contributed by atoms with Crippen LogP contribution in [0.1, 0.15) is 6.92 Å². The summed E-state index contributed by atoms with van der Waals surface area (Å²) in [5, 5.41) is 7.57. The summed E-state index contributed by atoms with van der Waals surface area (Å²) in [5.74, 6) is 0. The molecule has 0 spiro atoms. The average Bonchev–Trinajstić information content (AvgIpc) is 1.46. The van der Waals surface area contributed by atoms with Gasteiger partial charge in [0.05, 0.1) is 0 Å². The number of aliphatic hydroxyl groups excluding tert-OH is 1. The minimum absolute atomic E-state index is 0. The Bertz CT molecular complexity index is 13.5. The molecule has 0 aromatic rings. The van der Waals surface area contributed by atoms with Gasteiger partial charge in [0.25, 0.3) is 0 Å². The molecule has 0 amide bonds. The van der Waals surface area contributed by atoms with Gasteiger partial charge in [0.1, 0.15) is 9.55 Å². The Morgan fingerprint density at radius 3 is 1.67 bits per heavy atom. The number of halogens is 2. The van der Waals surface area contributed by atoms with Crippen LogP contribution in [0.25, 0.3) is 0 Å². The third-order valence-electron chi connectivity index (χ3n) is 0. The molecular weight excluding hydrogens is 123 g/mol. The summed E-state index contributed by atoms with van der Waals surface area (Å²) >= 11 is 4.78. The highest BCUT2D eigenvalue weighted by molar-refractivity contribution is 6.80. The molecule has 0 heterocycles. The van der Waals surface area contributed by atoms with Crippen molar-refractivity contribution in [2.24, 2.45) is 0 Å². The molecule has 0 saturated heterocycles. The van der Waals surface area contributed by atoms with Crippen LogP contribution in [0.15, 0.2) is 0 Å². The summed E-state index contributed by atoms with van der Waals surface area (Å²) in [5.41, 5.74) is 0. The molecule has 0 saturated carbocycles. The minimum atomic E-state index is 0. The summed E-state index contributed by atoms with van der Waals surface area (Å²) < 4.78 is 0. The second-order valence-electron chi connectivity index (χ2n) is 0.316. The maximum absolute atomic E-state index is 7.57. The van der Waals surface area contributed by atoms with E-state index in [-0.39, 0.29) is 11.3 Å². The number of hydrogen-bond acceptors (Lipinski definition) is 1. The normalized spacial score (nSPS) is 4.50. The molecule has 0 fully saturated rings. The van der Waals surface area contributed by atoms with E-state index in [1.807, 2.05) is 0 Å². The lowest BCUT2D eigenvalue weighted by molar-refractivity contribution is 0.318. The molecule has 0 bridgehead atoms. The first-order chi connectivity index (χ1) is 2.41. The van der Waals surface area contributed by atoms with E-state index < -0.39 is 0 Å². The highest BCUT2D eigenvalue weighted by Crippen LogP contribution is 1.30. The van der Waals surface area contributed by atoms with Crippen molar-refractivity contribution in [2.45, 2.75) is 6.92 Å². The van der Waals surface area contributed by atoms with Gasteiger partial charge in [-0.25, -0.2) is 0 Å². The van der Waals surface area contributed by atoms with Gasteiger partial charge in [0.15, 0.2) is 0 Å². The second kappa shape index (κ2) is 53.5. The Labute approximate surface area is 44.8 Å². The molecule has 1 N–H and O–H groups in total. The van der Waals surface area contributed by atoms with Crippen molar-refractivity contribution in [1.29, 1.82) is 0 Å². The second-order valence-corrected chi connectivity index (χ2v) is 0.316. The van der Waals surface area contributed by atoms with Crippen molar-refractivity contribution in [3.63, 3.8) is 0 Å². The largest absolute Gasteiger partial charge is 0.397 e. The van der Waals surface area contributed by atoms with Gasteiger partial charge in [-0.15, -0.1) is 0 Å². The fourth-order valence-electron chi connectivity index (χ4n) is 0. The first-order valence-electron chi connectivity index (χ1n) is 1.40. The smallest absolute Gasteiger partial charge is 0.109 e. The molecule has 6 heavy (non-hydrogen) atoms. The van der Waals surface area contributed by atoms with E-state index in [1.54, 1.807) is 6.92 Å². The van der Waals surface area contributed by atoms with Crippen LogP contribution in [0, 0.1) is 0 Å². The maximum atomic E-state index is 7.57. The van der Waals surface area contributed by atoms with E-state index >= 15 is 0 Å². The molecule has 0 rings (SSSR count). The van der Waals surface area contributed by atoms with E-state index in [2.05, 4.69) is 0 Å². The molecule has 4 heteroatoms. The van der Waals surface area contributed by atoms with Gasteiger partial charge in [-0.3, -0.25) is 4.70 Å². The predicted octanol–water partition coefficient (Wildman–Crippen LogP) is -0.343. The molecule has 0 aromatic heterocycles. The van der Waals surface area contributed by atoms with Crippen LogP contribution in [0.2, 0.25) is 0 Å². The van der Waals surface area contributed by atoms with Crippen molar-refractivity contribution in [3.05, 3.63) is 0 Å². The van der Waals surface area contributed by atoms with Crippen LogP contribution >= 0.6 is 11.1 Å². The Balaban J connectivity index is -0.0000000275. The lowest BCUT2D eigenvalue weighted by atomic mass is 10.9. The SMILES string of the molecule is CCO.F.[SiH3]Cl. The zero-order valence-corrected chi connectivity index (χ0v) is 6.70. The number of aliphatic hydroxyl groups is 1. The Morgan fingerprint density at radius 2 is 1.67 bits per heavy atom. The van der Waals surface area contributed by atoms with Crippen molar-refractivity contribution in [2.75, 3.05) is 6.61 Å². The summed E-state index contributed by atoms with van der Waals surface area (Å²) in [4.78, 5) is 0. The lowest BCUT2D eigenvalue weighted by Gasteiger charge is -1.52. The van der Waals surface area contributed by atoms with Crippen LogP contribution in [0.4, 0.5) is 4.70 Å². The summed E-state index contributed by atoms with van der Waals surface area (Å²) in [6.45, 7) is 1.93. The maximum Gasteiger partial charge on any atom is 0.109 e. The van der Waals surface area contributed by atoms with Crippen LogP contribution in [0.3, 0.4) is 0 Å². The Hall–Kier alpha value is 0.397.